The van der Waals surface area contributed by atoms with Crippen LogP contribution in [0.5, 0.6) is 0 Å². The second-order valence-electron chi connectivity index (χ2n) is 11.0. The Morgan fingerprint density at radius 3 is 2.61 bits per heavy atom. The number of esters is 1. The molecule has 0 bridgehead atoms. The van der Waals surface area contributed by atoms with Crippen LogP contribution in [0.25, 0.3) is 0 Å². The maximum absolute atomic E-state index is 12.2. The van der Waals surface area contributed by atoms with Crippen molar-refractivity contribution >= 4 is 11.8 Å². The fourth-order valence-electron chi connectivity index (χ4n) is 8.31. The Balaban J connectivity index is 1.49. The van der Waals surface area contributed by atoms with E-state index in [2.05, 4.69) is 32.9 Å². The molecule has 0 amide bonds. The summed E-state index contributed by atoms with van der Waals surface area (Å²) in [6.07, 6.45) is 15.6. The third kappa shape index (κ3) is 1.78. The van der Waals surface area contributed by atoms with Crippen molar-refractivity contribution < 1.29 is 14.3 Å². The van der Waals surface area contributed by atoms with E-state index in [0.717, 1.165) is 19.3 Å². The first-order chi connectivity index (χ1) is 13.2. The highest BCUT2D eigenvalue weighted by atomic mass is 16.6. The smallest absolute Gasteiger partial charge is 0.306 e. The third-order valence-corrected chi connectivity index (χ3v) is 9.88. The maximum Gasteiger partial charge on any atom is 0.306 e. The van der Waals surface area contributed by atoms with Crippen molar-refractivity contribution in [2.24, 2.45) is 34.0 Å². The number of ketones is 1. The van der Waals surface area contributed by atoms with Gasteiger partial charge in [-0.1, -0.05) is 31.6 Å². The summed E-state index contributed by atoms with van der Waals surface area (Å²) in [4.78, 5) is 24.3. The molecule has 6 atom stereocenters. The summed E-state index contributed by atoms with van der Waals surface area (Å²) in [6, 6.07) is 0. The lowest BCUT2D eigenvalue weighted by Crippen LogP contribution is -2.53. The topological polar surface area (TPSA) is 43.4 Å². The number of rotatable bonds is 0. The predicted molar refractivity (Wildman–Crippen MR) is 106 cm³/mol. The molecule has 28 heavy (non-hydrogen) atoms. The van der Waals surface area contributed by atoms with Crippen molar-refractivity contribution in [3.8, 4) is 0 Å². The lowest BCUT2D eigenvalue weighted by Gasteiger charge is -2.56. The van der Waals surface area contributed by atoms with Crippen LogP contribution < -0.4 is 0 Å². The van der Waals surface area contributed by atoms with Gasteiger partial charge in [-0.25, -0.2) is 0 Å². The molecule has 1 saturated heterocycles. The van der Waals surface area contributed by atoms with E-state index >= 15 is 0 Å². The number of hydrogen-bond donors (Lipinski definition) is 0. The normalized spacial score (nSPS) is 50.0. The molecule has 0 aromatic rings. The fraction of sp³-hybridized carbons (Fsp3) is 0.680. The zero-order valence-corrected chi connectivity index (χ0v) is 17.2. The molecular formula is C25H30O3. The van der Waals surface area contributed by atoms with Gasteiger partial charge in [-0.05, 0) is 86.3 Å². The van der Waals surface area contributed by atoms with Gasteiger partial charge in [-0.3, -0.25) is 9.59 Å². The maximum atomic E-state index is 12.2. The highest BCUT2D eigenvalue weighted by molar-refractivity contribution is 6.01. The van der Waals surface area contributed by atoms with Crippen LogP contribution >= 0.6 is 0 Å². The standard InChI is InChI=1S/C25H30O3/c1-15-12-19-17-14-24(10-11-24)20-13-16(26)4-7-22(20,2)18(17)5-8-23(19,3)25(15)9-6-21(27)28-25/h4-5,7,13,15,17,19H,6,8-12,14H2,1-3H3/t15?,17?,19?,22-,23+,25+/m1/s1. The van der Waals surface area contributed by atoms with Gasteiger partial charge >= 0.3 is 5.97 Å². The number of allylic oxidation sites excluding steroid dienone is 6. The molecule has 6 rings (SSSR count). The minimum Gasteiger partial charge on any atom is -0.458 e. The quantitative estimate of drug-likeness (QED) is 0.444. The largest absolute Gasteiger partial charge is 0.458 e. The lowest BCUT2D eigenvalue weighted by molar-refractivity contribution is -0.165. The van der Waals surface area contributed by atoms with E-state index in [0.29, 0.717) is 24.2 Å². The summed E-state index contributed by atoms with van der Waals surface area (Å²) < 4.78 is 6.15. The first-order valence-corrected chi connectivity index (χ1v) is 11.1. The number of ether oxygens (including phenoxy) is 1. The molecule has 0 aromatic heterocycles. The van der Waals surface area contributed by atoms with Gasteiger partial charge in [-0.15, -0.1) is 0 Å². The van der Waals surface area contributed by atoms with Gasteiger partial charge in [-0.2, -0.15) is 0 Å². The van der Waals surface area contributed by atoms with Gasteiger partial charge in [0.15, 0.2) is 5.78 Å². The Labute approximate surface area is 167 Å². The zero-order chi connectivity index (χ0) is 19.5. The first-order valence-electron chi connectivity index (χ1n) is 11.1. The van der Waals surface area contributed by atoms with E-state index in [1.165, 1.54) is 30.4 Å². The number of carbonyl (C=O) groups excluding carboxylic acids is 2. The average molecular weight is 379 g/mol. The molecule has 3 nitrogen and oxygen atoms in total. The Morgan fingerprint density at radius 2 is 1.93 bits per heavy atom. The van der Waals surface area contributed by atoms with Crippen LogP contribution in [-0.2, 0) is 14.3 Å². The molecule has 148 valence electrons. The Kier molecular flexibility index (Phi) is 3.02. The van der Waals surface area contributed by atoms with E-state index in [1.807, 2.05) is 6.08 Å². The Hall–Kier alpha value is -1.64. The van der Waals surface area contributed by atoms with E-state index in [1.54, 1.807) is 6.08 Å². The fourth-order valence-corrected chi connectivity index (χ4v) is 8.31. The second-order valence-corrected chi connectivity index (χ2v) is 11.0. The van der Waals surface area contributed by atoms with Crippen molar-refractivity contribution in [1.29, 1.82) is 0 Å². The molecule has 3 saturated carbocycles. The van der Waals surface area contributed by atoms with Crippen molar-refractivity contribution in [3.05, 3.63) is 35.5 Å². The first kappa shape index (κ1) is 17.2. The summed E-state index contributed by atoms with van der Waals surface area (Å²) in [5, 5.41) is 0. The molecule has 0 radical (unpaired) electrons. The molecule has 0 N–H and O–H groups in total. The van der Waals surface area contributed by atoms with Crippen molar-refractivity contribution in [2.45, 2.75) is 71.3 Å². The Morgan fingerprint density at radius 1 is 1.14 bits per heavy atom. The molecule has 3 unspecified atom stereocenters. The minimum absolute atomic E-state index is 0.00304. The Bertz CT molecular complexity index is 903. The molecule has 1 heterocycles. The number of carbonyl (C=O) groups is 2. The van der Waals surface area contributed by atoms with Crippen molar-refractivity contribution in [3.63, 3.8) is 0 Å². The summed E-state index contributed by atoms with van der Waals surface area (Å²) in [5.74, 6) is 1.68. The van der Waals surface area contributed by atoms with Crippen LogP contribution in [0.4, 0.5) is 0 Å². The molecule has 3 heteroatoms. The van der Waals surface area contributed by atoms with Crippen LogP contribution in [0.15, 0.2) is 35.5 Å². The van der Waals surface area contributed by atoms with Crippen LogP contribution in [-0.4, -0.2) is 17.4 Å². The van der Waals surface area contributed by atoms with Gasteiger partial charge in [0.1, 0.15) is 5.60 Å². The monoisotopic (exact) mass is 378 g/mol. The molecule has 1 aliphatic heterocycles. The second kappa shape index (κ2) is 4.91. The molecule has 2 spiro atoms. The predicted octanol–water partition coefficient (Wildman–Crippen LogP) is 4.93. The summed E-state index contributed by atoms with van der Waals surface area (Å²) in [6.45, 7) is 7.05. The molecule has 0 aromatic carbocycles. The SMILES string of the molecule is CC1CC2C3CC4(CC4)C4=CC(=O)C=C[C@]4(C)C3=CC[C@]2(C)[C@]12CCC(=O)O2. The zero-order valence-electron chi connectivity index (χ0n) is 17.2. The van der Waals surface area contributed by atoms with Crippen LogP contribution in [0.1, 0.15) is 65.7 Å². The lowest BCUT2D eigenvalue weighted by atomic mass is 9.48. The van der Waals surface area contributed by atoms with Crippen molar-refractivity contribution in [2.75, 3.05) is 0 Å². The molecule has 4 fully saturated rings. The van der Waals surface area contributed by atoms with Crippen LogP contribution in [0.2, 0.25) is 0 Å². The summed E-state index contributed by atoms with van der Waals surface area (Å²) in [5.41, 5.74) is 2.82. The van der Waals surface area contributed by atoms with E-state index in [9.17, 15) is 9.59 Å². The highest BCUT2D eigenvalue weighted by Crippen LogP contribution is 2.74. The molecule has 6 aliphatic rings. The van der Waals surface area contributed by atoms with Crippen molar-refractivity contribution in [1.82, 2.24) is 0 Å². The average Bonchev–Trinajstić information content (AvgIpc) is 3.24. The van der Waals surface area contributed by atoms with E-state index < -0.39 is 0 Å². The van der Waals surface area contributed by atoms with Gasteiger partial charge in [0.2, 0.25) is 0 Å². The summed E-state index contributed by atoms with van der Waals surface area (Å²) >= 11 is 0. The van der Waals surface area contributed by atoms with Crippen LogP contribution in [0, 0.1) is 34.0 Å². The minimum atomic E-state index is -0.275. The molecular weight excluding hydrogens is 348 g/mol. The highest BCUT2D eigenvalue weighted by Gasteiger charge is 2.70. The van der Waals surface area contributed by atoms with Gasteiger partial charge in [0, 0.05) is 17.3 Å². The summed E-state index contributed by atoms with van der Waals surface area (Å²) in [7, 11) is 0. The van der Waals surface area contributed by atoms with Gasteiger partial charge in [0.25, 0.3) is 0 Å². The van der Waals surface area contributed by atoms with Gasteiger partial charge < -0.3 is 4.74 Å². The third-order valence-electron chi connectivity index (χ3n) is 9.88. The molecule has 5 aliphatic carbocycles. The van der Waals surface area contributed by atoms with E-state index in [4.69, 9.17) is 4.74 Å². The number of fused-ring (bicyclic) bond motifs is 7. The number of hydrogen-bond acceptors (Lipinski definition) is 3. The van der Waals surface area contributed by atoms with Gasteiger partial charge in [0.05, 0.1) is 0 Å². The van der Waals surface area contributed by atoms with E-state index in [-0.39, 0.29) is 33.6 Å². The van der Waals surface area contributed by atoms with Crippen LogP contribution in [0.3, 0.4) is 0 Å².